The smallest absolute Gasteiger partial charge is 0.311 e. The van der Waals surface area contributed by atoms with E-state index in [9.17, 15) is 4.79 Å². The molecule has 0 bridgehead atoms. The zero-order chi connectivity index (χ0) is 11.4. The highest BCUT2D eigenvalue weighted by atomic mass is 16.5. The Morgan fingerprint density at radius 1 is 1.21 bits per heavy atom. The summed E-state index contributed by atoms with van der Waals surface area (Å²) in [5.41, 5.74) is -0.378. The summed E-state index contributed by atoms with van der Waals surface area (Å²) in [5.74, 6) is -0.112. The first-order valence-electron chi connectivity index (χ1n) is 5.10. The van der Waals surface area contributed by atoms with Gasteiger partial charge < -0.3 is 9.22 Å². The van der Waals surface area contributed by atoms with Crippen LogP contribution >= 0.6 is 0 Å². The van der Waals surface area contributed by atoms with Gasteiger partial charge in [0.1, 0.15) is 0 Å². The van der Waals surface area contributed by atoms with Crippen molar-refractivity contribution in [2.45, 2.75) is 27.2 Å². The first-order valence-corrected chi connectivity index (χ1v) is 5.10. The third-order valence-electron chi connectivity index (χ3n) is 1.82. The van der Waals surface area contributed by atoms with Gasteiger partial charge in [0.05, 0.1) is 39.7 Å². The topological polar surface area (TPSA) is 26.3 Å². The quantitative estimate of drug-likeness (QED) is 0.394. The lowest BCUT2D eigenvalue weighted by molar-refractivity contribution is -0.870. The molecule has 0 radical (unpaired) electrons. The lowest BCUT2D eigenvalue weighted by Gasteiger charge is -2.24. The molecule has 0 aliphatic rings. The molecule has 3 heteroatoms. The molecule has 0 unspecified atom stereocenters. The van der Waals surface area contributed by atoms with Crippen LogP contribution in [0.1, 0.15) is 27.2 Å². The van der Waals surface area contributed by atoms with Crippen LogP contribution in [-0.2, 0) is 9.53 Å². The maximum absolute atomic E-state index is 11.4. The average molecular weight is 202 g/mol. The molecule has 0 amide bonds. The highest BCUT2D eigenvalue weighted by Crippen LogP contribution is 2.15. The summed E-state index contributed by atoms with van der Waals surface area (Å²) >= 11 is 0. The number of esters is 1. The number of hydrogen-bond acceptors (Lipinski definition) is 2. The van der Waals surface area contributed by atoms with Crippen LogP contribution in [0.2, 0.25) is 0 Å². The molecule has 0 aromatic rings. The van der Waals surface area contributed by atoms with Gasteiger partial charge in [0.25, 0.3) is 0 Å². The highest BCUT2D eigenvalue weighted by Gasteiger charge is 2.22. The van der Waals surface area contributed by atoms with Crippen molar-refractivity contribution in [3.63, 3.8) is 0 Å². The summed E-state index contributed by atoms with van der Waals surface area (Å²) in [4.78, 5) is 11.4. The standard InChI is InChI=1S/C11H24NO2/c1-11(2,3)10(13)14-9-7-8-12(4,5)6/h7-9H2,1-6H3/q+1. The van der Waals surface area contributed by atoms with Crippen LogP contribution in [0.25, 0.3) is 0 Å². The van der Waals surface area contributed by atoms with E-state index in [-0.39, 0.29) is 11.4 Å². The number of nitrogens with zero attached hydrogens (tertiary/aromatic N) is 1. The van der Waals surface area contributed by atoms with E-state index >= 15 is 0 Å². The zero-order valence-corrected chi connectivity index (χ0v) is 10.4. The Morgan fingerprint density at radius 2 is 1.71 bits per heavy atom. The SMILES string of the molecule is CC(C)(C)C(=O)OCCC[N+](C)(C)C. The van der Waals surface area contributed by atoms with Crippen molar-refractivity contribution >= 4 is 5.97 Å². The van der Waals surface area contributed by atoms with E-state index in [2.05, 4.69) is 21.1 Å². The molecule has 0 aliphatic heterocycles. The van der Waals surface area contributed by atoms with E-state index in [1.54, 1.807) is 0 Å². The van der Waals surface area contributed by atoms with Crippen LogP contribution in [0.5, 0.6) is 0 Å². The Hall–Kier alpha value is -0.570. The van der Waals surface area contributed by atoms with Crippen LogP contribution in [0.4, 0.5) is 0 Å². The molecule has 3 nitrogen and oxygen atoms in total. The zero-order valence-electron chi connectivity index (χ0n) is 10.4. The van der Waals surface area contributed by atoms with E-state index in [0.29, 0.717) is 6.61 Å². The number of hydrogen-bond donors (Lipinski definition) is 0. The van der Waals surface area contributed by atoms with Gasteiger partial charge >= 0.3 is 5.97 Å². The van der Waals surface area contributed by atoms with Gasteiger partial charge in [-0.05, 0) is 20.8 Å². The number of carbonyl (C=O) groups excluding carboxylic acids is 1. The molecule has 0 rings (SSSR count). The summed E-state index contributed by atoms with van der Waals surface area (Å²) in [6.07, 6.45) is 0.922. The fourth-order valence-corrected chi connectivity index (χ4v) is 0.920. The molecule has 0 saturated heterocycles. The molecule has 0 aromatic carbocycles. The average Bonchev–Trinajstić information content (AvgIpc) is 1.93. The Balaban J connectivity index is 3.62. The molecule has 0 aliphatic carbocycles. The predicted molar refractivity (Wildman–Crippen MR) is 57.9 cm³/mol. The van der Waals surface area contributed by atoms with Crippen molar-refractivity contribution in [2.24, 2.45) is 5.41 Å². The Morgan fingerprint density at radius 3 is 2.07 bits per heavy atom. The maximum atomic E-state index is 11.4. The Bertz CT molecular complexity index is 186. The largest absolute Gasteiger partial charge is 0.465 e. The lowest BCUT2D eigenvalue weighted by atomic mass is 9.97. The highest BCUT2D eigenvalue weighted by molar-refractivity contribution is 5.75. The van der Waals surface area contributed by atoms with Crippen molar-refractivity contribution in [3.05, 3.63) is 0 Å². The first-order chi connectivity index (χ1) is 6.13. The fraction of sp³-hybridized carbons (Fsp3) is 0.909. The molecular formula is C11H24NO2+. The van der Waals surface area contributed by atoms with Gasteiger partial charge in [-0.2, -0.15) is 0 Å². The number of carbonyl (C=O) groups is 1. The number of quaternary nitrogens is 1. The van der Waals surface area contributed by atoms with Crippen LogP contribution in [0.15, 0.2) is 0 Å². The second kappa shape index (κ2) is 4.78. The summed E-state index contributed by atoms with van der Waals surface area (Å²) < 4.78 is 6.06. The van der Waals surface area contributed by atoms with Crippen molar-refractivity contribution < 1.29 is 14.0 Å². The molecule has 0 heterocycles. The molecule has 14 heavy (non-hydrogen) atoms. The first kappa shape index (κ1) is 13.4. The summed E-state index contributed by atoms with van der Waals surface area (Å²) in [5, 5.41) is 0. The molecule has 0 fully saturated rings. The second-order valence-corrected chi connectivity index (χ2v) is 5.75. The number of rotatable bonds is 4. The van der Waals surface area contributed by atoms with Gasteiger partial charge in [0.15, 0.2) is 0 Å². The minimum absolute atomic E-state index is 0.112. The normalized spacial score (nSPS) is 12.7. The van der Waals surface area contributed by atoms with E-state index in [1.165, 1.54) is 0 Å². The fourth-order valence-electron chi connectivity index (χ4n) is 0.920. The summed E-state index contributed by atoms with van der Waals surface area (Å²) in [6.45, 7) is 7.17. The van der Waals surface area contributed by atoms with E-state index in [4.69, 9.17) is 4.74 Å². The summed E-state index contributed by atoms with van der Waals surface area (Å²) in [6, 6.07) is 0. The van der Waals surface area contributed by atoms with Crippen LogP contribution in [-0.4, -0.2) is 44.7 Å². The molecule has 0 aromatic heterocycles. The van der Waals surface area contributed by atoms with Gasteiger partial charge in [-0.1, -0.05) is 0 Å². The molecule has 0 spiro atoms. The van der Waals surface area contributed by atoms with Gasteiger partial charge in [-0.15, -0.1) is 0 Å². The van der Waals surface area contributed by atoms with Crippen LogP contribution in [0, 0.1) is 5.41 Å². The molecular weight excluding hydrogens is 178 g/mol. The minimum Gasteiger partial charge on any atom is -0.465 e. The van der Waals surface area contributed by atoms with Crippen LogP contribution < -0.4 is 0 Å². The lowest BCUT2D eigenvalue weighted by Crippen LogP contribution is -2.36. The maximum Gasteiger partial charge on any atom is 0.311 e. The third kappa shape index (κ3) is 6.89. The molecule has 0 saturated carbocycles. The third-order valence-corrected chi connectivity index (χ3v) is 1.82. The second-order valence-electron chi connectivity index (χ2n) is 5.75. The predicted octanol–water partition coefficient (Wildman–Crippen LogP) is 1.67. The van der Waals surface area contributed by atoms with Crippen LogP contribution in [0.3, 0.4) is 0 Å². The number of ether oxygens (including phenoxy) is 1. The minimum atomic E-state index is -0.378. The van der Waals surface area contributed by atoms with Gasteiger partial charge in [-0.3, -0.25) is 4.79 Å². The van der Waals surface area contributed by atoms with E-state index in [1.807, 2.05) is 20.8 Å². The van der Waals surface area contributed by atoms with E-state index < -0.39 is 0 Å². The molecule has 84 valence electrons. The van der Waals surface area contributed by atoms with Crippen molar-refractivity contribution in [2.75, 3.05) is 34.3 Å². The monoisotopic (exact) mass is 202 g/mol. The van der Waals surface area contributed by atoms with E-state index in [0.717, 1.165) is 17.4 Å². The Labute approximate surface area is 87.6 Å². The molecule has 0 N–H and O–H groups in total. The van der Waals surface area contributed by atoms with Crippen molar-refractivity contribution in [1.29, 1.82) is 0 Å². The Kier molecular flexibility index (Phi) is 4.59. The van der Waals surface area contributed by atoms with Gasteiger partial charge in [-0.25, -0.2) is 0 Å². The summed E-state index contributed by atoms with van der Waals surface area (Å²) in [7, 11) is 6.39. The van der Waals surface area contributed by atoms with Gasteiger partial charge in [0, 0.05) is 6.42 Å². The molecule has 0 atom stereocenters. The van der Waals surface area contributed by atoms with Gasteiger partial charge in [0.2, 0.25) is 0 Å². The van der Waals surface area contributed by atoms with Crippen molar-refractivity contribution in [1.82, 2.24) is 0 Å². The van der Waals surface area contributed by atoms with Crippen molar-refractivity contribution in [3.8, 4) is 0 Å².